The van der Waals surface area contributed by atoms with Gasteiger partial charge in [-0.1, -0.05) is 6.07 Å². The Labute approximate surface area is 144 Å². The monoisotopic (exact) mass is 338 g/mol. The number of rotatable bonds is 4. The number of amides is 1. The van der Waals surface area contributed by atoms with E-state index in [0.717, 1.165) is 11.4 Å². The largest absolute Gasteiger partial charge is 0.475 e. The van der Waals surface area contributed by atoms with Crippen LogP contribution in [0.3, 0.4) is 0 Å². The highest BCUT2D eigenvalue weighted by Gasteiger charge is 2.31. The highest BCUT2D eigenvalue weighted by Crippen LogP contribution is 2.23. The van der Waals surface area contributed by atoms with Crippen molar-refractivity contribution < 1.29 is 9.53 Å². The second-order valence-electron chi connectivity index (χ2n) is 5.96. The summed E-state index contributed by atoms with van der Waals surface area (Å²) in [6.45, 7) is 3.24. The highest BCUT2D eigenvalue weighted by atomic mass is 16.5. The van der Waals surface area contributed by atoms with Gasteiger partial charge in [0.05, 0.1) is 18.6 Å². The summed E-state index contributed by atoms with van der Waals surface area (Å²) in [5.74, 6) is 0.469. The number of H-pyrrole nitrogens is 1. The molecule has 3 aromatic rings. The quantitative estimate of drug-likeness (QED) is 0.780. The smallest absolute Gasteiger partial charge is 0.274 e. The van der Waals surface area contributed by atoms with Gasteiger partial charge in [0, 0.05) is 30.7 Å². The Morgan fingerprint density at radius 2 is 2.24 bits per heavy atom. The molecule has 25 heavy (non-hydrogen) atoms. The molecule has 1 aliphatic heterocycles. The number of fused-ring (bicyclic) bond motifs is 1. The molecule has 1 amide bonds. The van der Waals surface area contributed by atoms with Gasteiger partial charge in [0.2, 0.25) is 5.88 Å². The van der Waals surface area contributed by atoms with E-state index in [4.69, 9.17) is 4.74 Å². The van der Waals surface area contributed by atoms with E-state index in [0.29, 0.717) is 31.3 Å². The number of carbonyl (C=O) groups excluding carboxylic acids is 1. The van der Waals surface area contributed by atoms with E-state index in [1.165, 1.54) is 0 Å². The van der Waals surface area contributed by atoms with Gasteiger partial charge in [0.15, 0.2) is 0 Å². The van der Waals surface area contributed by atoms with Crippen LogP contribution in [0.4, 0.5) is 0 Å². The zero-order valence-electron chi connectivity index (χ0n) is 13.8. The average molecular weight is 338 g/mol. The molecule has 8 heteroatoms. The van der Waals surface area contributed by atoms with Crippen LogP contribution in [-0.2, 0) is 6.54 Å². The number of aromatic nitrogens is 5. The number of aryl methyl sites for hydroxylation is 1. The van der Waals surface area contributed by atoms with E-state index in [9.17, 15) is 4.79 Å². The Morgan fingerprint density at radius 1 is 1.32 bits per heavy atom. The van der Waals surface area contributed by atoms with Crippen LogP contribution in [0.25, 0.3) is 0 Å². The molecule has 0 aliphatic carbocycles. The maximum Gasteiger partial charge on any atom is 0.274 e. The Balaban J connectivity index is 1.53. The first kappa shape index (κ1) is 15.4. The lowest BCUT2D eigenvalue weighted by atomic mass is 10.1. The standard InChI is InChI=1S/C17H18N6O2/c1-12-16(20-11-19-12)17(24)22-8-13-5-7-21-23(13)14(9-22)10-25-15-4-2-3-6-18-15/h2-7,11,14H,8-10H2,1H3,(H,19,20). The van der Waals surface area contributed by atoms with Crippen LogP contribution in [0.15, 0.2) is 43.0 Å². The zero-order valence-corrected chi connectivity index (χ0v) is 13.8. The molecule has 0 bridgehead atoms. The fourth-order valence-electron chi connectivity index (χ4n) is 3.00. The minimum Gasteiger partial charge on any atom is -0.475 e. The van der Waals surface area contributed by atoms with Crippen molar-refractivity contribution in [3.8, 4) is 5.88 Å². The van der Waals surface area contributed by atoms with Gasteiger partial charge in [-0.2, -0.15) is 5.10 Å². The van der Waals surface area contributed by atoms with E-state index in [1.54, 1.807) is 23.6 Å². The predicted molar refractivity (Wildman–Crippen MR) is 89.1 cm³/mol. The first-order valence-electron chi connectivity index (χ1n) is 8.08. The third-order valence-electron chi connectivity index (χ3n) is 4.26. The molecule has 4 rings (SSSR count). The summed E-state index contributed by atoms with van der Waals surface area (Å²) in [4.78, 5) is 25.8. The number of aromatic amines is 1. The summed E-state index contributed by atoms with van der Waals surface area (Å²) in [5.41, 5.74) is 2.20. The molecule has 1 N–H and O–H groups in total. The molecule has 1 aliphatic rings. The normalized spacial score (nSPS) is 16.5. The maximum absolute atomic E-state index is 12.8. The number of carbonyl (C=O) groups is 1. The van der Waals surface area contributed by atoms with Crippen LogP contribution < -0.4 is 4.74 Å². The molecule has 0 saturated heterocycles. The van der Waals surface area contributed by atoms with Gasteiger partial charge in [-0.3, -0.25) is 9.48 Å². The first-order chi connectivity index (χ1) is 12.2. The number of hydrogen-bond donors (Lipinski definition) is 1. The molecule has 3 aromatic heterocycles. The summed E-state index contributed by atoms with van der Waals surface area (Å²) < 4.78 is 7.70. The molecule has 1 atom stereocenters. The van der Waals surface area contributed by atoms with Crippen molar-refractivity contribution in [2.75, 3.05) is 13.2 Å². The summed E-state index contributed by atoms with van der Waals surface area (Å²) in [5, 5.41) is 4.38. The van der Waals surface area contributed by atoms with Crippen molar-refractivity contribution in [1.29, 1.82) is 0 Å². The van der Waals surface area contributed by atoms with E-state index >= 15 is 0 Å². The molecule has 0 radical (unpaired) electrons. The van der Waals surface area contributed by atoms with Gasteiger partial charge in [0.25, 0.3) is 5.91 Å². The van der Waals surface area contributed by atoms with E-state index < -0.39 is 0 Å². The fraction of sp³-hybridized carbons (Fsp3) is 0.294. The lowest BCUT2D eigenvalue weighted by Gasteiger charge is -2.33. The average Bonchev–Trinajstić information content (AvgIpc) is 3.28. The molecule has 0 spiro atoms. The summed E-state index contributed by atoms with van der Waals surface area (Å²) >= 11 is 0. The highest BCUT2D eigenvalue weighted by molar-refractivity contribution is 5.93. The van der Waals surface area contributed by atoms with Gasteiger partial charge < -0.3 is 14.6 Å². The van der Waals surface area contributed by atoms with Crippen molar-refractivity contribution in [1.82, 2.24) is 29.6 Å². The first-order valence-corrected chi connectivity index (χ1v) is 8.08. The number of pyridine rings is 1. The minimum absolute atomic E-state index is 0.0797. The van der Waals surface area contributed by atoms with Crippen LogP contribution in [0.1, 0.15) is 27.9 Å². The Morgan fingerprint density at radius 3 is 3.00 bits per heavy atom. The van der Waals surface area contributed by atoms with Crippen LogP contribution in [0, 0.1) is 6.92 Å². The number of ether oxygens (including phenoxy) is 1. The summed E-state index contributed by atoms with van der Waals surface area (Å²) in [6, 6.07) is 7.36. The number of imidazole rings is 1. The second kappa shape index (κ2) is 6.39. The predicted octanol–water partition coefficient (Wildman–Crippen LogP) is 1.59. The molecule has 8 nitrogen and oxygen atoms in total. The lowest BCUT2D eigenvalue weighted by Crippen LogP contribution is -2.43. The van der Waals surface area contributed by atoms with Gasteiger partial charge in [-0.05, 0) is 19.1 Å². The summed E-state index contributed by atoms with van der Waals surface area (Å²) in [6.07, 6.45) is 4.97. The zero-order chi connectivity index (χ0) is 17.2. The van der Waals surface area contributed by atoms with Gasteiger partial charge in [-0.15, -0.1) is 0 Å². The number of hydrogen-bond acceptors (Lipinski definition) is 5. The molecule has 0 aromatic carbocycles. The Hall–Kier alpha value is -3.16. The van der Waals surface area contributed by atoms with Crippen molar-refractivity contribution in [2.45, 2.75) is 19.5 Å². The fourth-order valence-corrected chi connectivity index (χ4v) is 3.00. The Bertz CT molecular complexity index is 872. The summed E-state index contributed by atoms with van der Waals surface area (Å²) in [7, 11) is 0. The van der Waals surface area contributed by atoms with Crippen LogP contribution in [-0.4, -0.2) is 48.7 Å². The van der Waals surface area contributed by atoms with E-state index in [-0.39, 0.29) is 11.9 Å². The number of nitrogens with zero attached hydrogens (tertiary/aromatic N) is 5. The lowest BCUT2D eigenvalue weighted by molar-refractivity contribution is 0.0625. The molecule has 128 valence electrons. The minimum atomic E-state index is -0.0889. The maximum atomic E-state index is 12.8. The van der Waals surface area contributed by atoms with Gasteiger partial charge in [0.1, 0.15) is 18.3 Å². The van der Waals surface area contributed by atoms with Gasteiger partial charge >= 0.3 is 0 Å². The molecule has 4 heterocycles. The van der Waals surface area contributed by atoms with Gasteiger partial charge in [-0.25, -0.2) is 9.97 Å². The van der Waals surface area contributed by atoms with Crippen LogP contribution in [0.5, 0.6) is 5.88 Å². The van der Waals surface area contributed by atoms with Crippen molar-refractivity contribution in [3.05, 3.63) is 60.1 Å². The molecular weight excluding hydrogens is 320 g/mol. The SMILES string of the molecule is Cc1[nH]cnc1C(=O)N1Cc2ccnn2C(COc2ccccn2)C1. The molecular formula is C17H18N6O2. The third kappa shape index (κ3) is 2.98. The molecule has 1 unspecified atom stereocenters. The van der Waals surface area contributed by atoms with Crippen LogP contribution in [0.2, 0.25) is 0 Å². The second-order valence-corrected chi connectivity index (χ2v) is 5.96. The van der Waals surface area contributed by atoms with Crippen molar-refractivity contribution in [3.63, 3.8) is 0 Å². The van der Waals surface area contributed by atoms with Crippen molar-refractivity contribution in [2.24, 2.45) is 0 Å². The Kier molecular flexibility index (Phi) is 3.93. The van der Waals surface area contributed by atoms with Crippen LogP contribution >= 0.6 is 0 Å². The van der Waals surface area contributed by atoms with E-state index in [1.807, 2.05) is 35.9 Å². The number of nitrogens with one attached hydrogen (secondary N) is 1. The molecule has 0 fully saturated rings. The van der Waals surface area contributed by atoms with E-state index in [2.05, 4.69) is 20.1 Å². The topological polar surface area (TPSA) is 88.9 Å². The molecule has 0 saturated carbocycles. The third-order valence-corrected chi connectivity index (χ3v) is 4.26. The van der Waals surface area contributed by atoms with Crippen molar-refractivity contribution >= 4 is 5.91 Å².